The van der Waals surface area contributed by atoms with E-state index >= 15 is 0 Å². The Hall–Kier alpha value is -1.35. The molecular formula is C15H22N2O. The van der Waals surface area contributed by atoms with E-state index < -0.39 is 0 Å². The van der Waals surface area contributed by atoms with Crippen LogP contribution in [0.2, 0.25) is 0 Å². The summed E-state index contributed by atoms with van der Waals surface area (Å²) in [6.45, 7) is 3.87. The van der Waals surface area contributed by atoms with Crippen LogP contribution in [0.3, 0.4) is 0 Å². The van der Waals surface area contributed by atoms with Crippen LogP contribution in [-0.4, -0.2) is 25.0 Å². The van der Waals surface area contributed by atoms with Crippen molar-refractivity contribution < 1.29 is 4.79 Å². The normalized spacial score (nSPS) is 18.8. The van der Waals surface area contributed by atoms with E-state index in [-0.39, 0.29) is 5.91 Å². The molecule has 0 bridgehead atoms. The highest BCUT2D eigenvalue weighted by Gasteiger charge is 2.18. The minimum absolute atomic E-state index is 0.234. The van der Waals surface area contributed by atoms with Crippen molar-refractivity contribution in [3.05, 3.63) is 30.3 Å². The zero-order valence-electron chi connectivity index (χ0n) is 11.1. The van der Waals surface area contributed by atoms with Crippen molar-refractivity contribution in [3.8, 4) is 0 Å². The lowest BCUT2D eigenvalue weighted by molar-refractivity contribution is -0.118. The Labute approximate surface area is 109 Å². The van der Waals surface area contributed by atoms with Gasteiger partial charge in [-0.2, -0.15) is 0 Å². The Morgan fingerprint density at radius 3 is 2.78 bits per heavy atom. The minimum atomic E-state index is 0.234. The SMILES string of the molecule is CCN(C(=O)CCC1CCCN1)c1ccccc1. The highest BCUT2D eigenvalue weighted by Crippen LogP contribution is 2.17. The first-order chi connectivity index (χ1) is 8.81. The fourth-order valence-electron chi connectivity index (χ4n) is 2.55. The molecule has 1 aromatic rings. The summed E-state index contributed by atoms with van der Waals surface area (Å²) in [4.78, 5) is 14.1. The zero-order valence-corrected chi connectivity index (χ0v) is 11.1. The molecule has 3 heteroatoms. The molecule has 0 aliphatic carbocycles. The second kappa shape index (κ2) is 6.55. The van der Waals surface area contributed by atoms with E-state index in [4.69, 9.17) is 0 Å². The monoisotopic (exact) mass is 246 g/mol. The molecule has 1 aliphatic rings. The van der Waals surface area contributed by atoms with Crippen LogP contribution in [0.25, 0.3) is 0 Å². The number of nitrogens with one attached hydrogen (secondary N) is 1. The number of anilines is 1. The van der Waals surface area contributed by atoms with Gasteiger partial charge in [0.05, 0.1) is 0 Å². The average molecular weight is 246 g/mol. The number of benzene rings is 1. The van der Waals surface area contributed by atoms with Crippen LogP contribution in [0, 0.1) is 0 Å². The van der Waals surface area contributed by atoms with Crippen molar-refractivity contribution in [2.75, 3.05) is 18.0 Å². The van der Waals surface area contributed by atoms with Crippen LogP contribution in [0.1, 0.15) is 32.6 Å². The Kier molecular flexibility index (Phi) is 4.76. The largest absolute Gasteiger partial charge is 0.314 e. The van der Waals surface area contributed by atoms with Crippen LogP contribution in [0.4, 0.5) is 5.69 Å². The lowest BCUT2D eigenvalue weighted by Gasteiger charge is -2.21. The maximum Gasteiger partial charge on any atom is 0.227 e. The number of rotatable bonds is 5. The van der Waals surface area contributed by atoms with Gasteiger partial charge in [-0.05, 0) is 44.9 Å². The van der Waals surface area contributed by atoms with E-state index in [2.05, 4.69) is 5.32 Å². The summed E-state index contributed by atoms with van der Waals surface area (Å²) in [7, 11) is 0. The lowest BCUT2D eigenvalue weighted by atomic mass is 10.1. The molecule has 1 unspecified atom stereocenters. The smallest absolute Gasteiger partial charge is 0.227 e. The van der Waals surface area contributed by atoms with Gasteiger partial charge in [0.2, 0.25) is 5.91 Å². The highest BCUT2D eigenvalue weighted by atomic mass is 16.2. The number of para-hydroxylation sites is 1. The van der Waals surface area contributed by atoms with Gasteiger partial charge in [-0.3, -0.25) is 4.79 Å². The molecule has 1 heterocycles. The molecule has 18 heavy (non-hydrogen) atoms. The minimum Gasteiger partial charge on any atom is -0.314 e. The van der Waals surface area contributed by atoms with Crippen LogP contribution in [0.5, 0.6) is 0 Å². The Morgan fingerprint density at radius 1 is 1.39 bits per heavy atom. The van der Waals surface area contributed by atoms with E-state index in [1.54, 1.807) is 0 Å². The van der Waals surface area contributed by atoms with Crippen LogP contribution in [-0.2, 0) is 4.79 Å². The van der Waals surface area contributed by atoms with Gasteiger partial charge in [-0.25, -0.2) is 0 Å². The predicted molar refractivity (Wildman–Crippen MR) is 74.7 cm³/mol. The summed E-state index contributed by atoms with van der Waals surface area (Å²) < 4.78 is 0. The quantitative estimate of drug-likeness (QED) is 0.866. The van der Waals surface area contributed by atoms with Crippen LogP contribution >= 0.6 is 0 Å². The average Bonchev–Trinajstić information content (AvgIpc) is 2.92. The standard InChI is InChI=1S/C15H22N2O/c1-2-17(14-8-4-3-5-9-14)15(18)11-10-13-7-6-12-16-13/h3-5,8-9,13,16H,2,6-7,10-12H2,1H3. The molecule has 0 radical (unpaired) electrons. The van der Waals surface area contributed by atoms with Crippen molar-refractivity contribution in [1.82, 2.24) is 5.32 Å². The predicted octanol–water partition coefficient (Wildman–Crippen LogP) is 2.57. The maximum absolute atomic E-state index is 12.2. The summed E-state index contributed by atoms with van der Waals surface area (Å²) in [5.74, 6) is 0.234. The summed E-state index contributed by atoms with van der Waals surface area (Å²) in [5, 5.41) is 3.44. The third-order valence-corrected chi connectivity index (χ3v) is 3.55. The first-order valence-electron chi connectivity index (χ1n) is 6.90. The van der Waals surface area contributed by atoms with Crippen molar-refractivity contribution in [2.45, 2.75) is 38.6 Å². The fraction of sp³-hybridized carbons (Fsp3) is 0.533. The first kappa shape index (κ1) is 13.1. The Balaban J connectivity index is 1.89. The van der Waals surface area contributed by atoms with E-state index in [0.29, 0.717) is 12.5 Å². The fourth-order valence-corrected chi connectivity index (χ4v) is 2.55. The van der Waals surface area contributed by atoms with Crippen molar-refractivity contribution >= 4 is 11.6 Å². The molecular weight excluding hydrogens is 224 g/mol. The third kappa shape index (κ3) is 3.33. The molecule has 1 atom stereocenters. The van der Waals surface area contributed by atoms with E-state index in [0.717, 1.165) is 25.2 Å². The molecule has 3 nitrogen and oxygen atoms in total. The number of nitrogens with zero attached hydrogens (tertiary/aromatic N) is 1. The van der Waals surface area contributed by atoms with Gasteiger partial charge in [0, 0.05) is 24.7 Å². The van der Waals surface area contributed by atoms with Gasteiger partial charge < -0.3 is 10.2 Å². The molecule has 1 amide bonds. The van der Waals surface area contributed by atoms with Gasteiger partial charge in [0.25, 0.3) is 0 Å². The van der Waals surface area contributed by atoms with E-state index in [1.807, 2.05) is 42.2 Å². The van der Waals surface area contributed by atoms with Gasteiger partial charge >= 0.3 is 0 Å². The molecule has 0 aromatic heterocycles. The summed E-state index contributed by atoms with van der Waals surface area (Å²) in [6.07, 6.45) is 4.06. The molecule has 0 spiro atoms. The topological polar surface area (TPSA) is 32.3 Å². The molecule has 2 rings (SSSR count). The number of carbonyl (C=O) groups is 1. The lowest BCUT2D eigenvalue weighted by Crippen LogP contribution is -2.32. The zero-order chi connectivity index (χ0) is 12.8. The highest BCUT2D eigenvalue weighted by molar-refractivity contribution is 5.93. The molecule has 98 valence electrons. The number of carbonyl (C=O) groups excluding carboxylic acids is 1. The Bertz CT molecular complexity index is 371. The second-order valence-electron chi connectivity index (χ2n) is 4.81. The summed E-state index contributed by atoms with van der Waals surface area (Å²) >= 11 is 0. The van der Waals surface area contributed by atoms with E-state index in [9.17, 15) is 4.79 Å². The maximum atomic E-state index is 12.2. The number of hydrogen-bond donors (Lipinski definition) is 1. The second-order valence-corrected chi connectivity index (χ2v) is 4.81. The Morgan fingerprint density at radius 2 is 2.17 bits per heavy atom. The molecule has 1 fully saturated rings. The molecule has 1 aliphatic heterocycles. The van der Waals surface area contributed by atoms with Gasteiger partial charge in [0.15, 0.2) is 0 Å². The third-order valence-electron chi connectivity index (χ3n) is 3.55. The van der Waals surface area contributed by atoms with Crippen LogP contribution < -0.4 is 10.2 Å². The van der Waals surface area contributed by atoms with Gasteiger partial charge in [-0.1, -0.05) is 18.2 Å². The molecule has 1 aromatic carbocycles. The van der Waals surface area contributed by atoms with Crippen molar-refractivity contribution in [3.63, 3.8) is 0 Å². The summed E-state index contributed by atoms with van der Waals surface area (Å²) in [5.41, 5.74) is 1.00. The van der Waals surface area contributed by atoms with Crippen LogP contribution in [0.15, 0.2) is 30.3 Å². The van der Waals surface area contributed by atoms with Gasteiger partial charge in [-0.15, -0.1) is 0 Å². The molecule has 0 saturated carbocycles. The number of amides is 1. The van der Waals surface area contributed by atoms with Gasteiger partial charge in [0.1, 0.15) is 0 Å². The van der Waals surface area contributed by atoms with Crippen molar-refractivity contribution in [1.29, 1.82) is 0 Å². The first-order valence-corrected chi connectivity index (χ1v) is 6.90. The molecule has 1 N–H and O–H groups in total. The molecule has 1 saturated heterocycles. The van der Waals surface area contributed by atoms with Crippen molar-refractivity contribution in [2.24, 2.45) is 0 Å². The van der Waals surface area contributed by atoms with E-state index in [1.165, 1.54) is 12.8 Å². The summed E-state index contributed by atoms with van der Waals surface area (Å²) in [6, 6.07) is 10.5. The number of hydrogen-bond acceptors (Lipinski definition) is 2.